The Morgan fingerprint density at radius 3 is 2.38 bits per heavy atom. The molecule has 0 radical (unpaired) electrons. The van der Waals surface area contributed by atoms with Crippen molar-refractivity contribution in [3.8, 4) is 17.0 Å². The molecule has 0 spiro atoms. The lowest BCUT2D eigenvalue weighted by Crippen LogP contribution is -2.54. The van der Waals surface area contributed by atoms with Gasteiger partial charge in [-0.05, 0) is 80.1 Å². The van der Waals surface area contributed by atoms with Crippen LogP contribution >= 0.6 is 0 Å². The van der Waals surface area contributed by atoms with Crippen LogP contribution in [-0.2, 0) is 41.8 Å². The van der Waals surface area contributed by atoms with E-state index in [-0.39, 0.29) is 48.1 Å². The zero-order chi connectivity index (χ0) is 50.1. The molecule has 6 aliphatic rings. The largest absolute Gasteiger partial charge is 0.492 e. The summed E-state index contributed by atoms with van der Waals surface area (Å²) in [5.74, 6) is -0.737. The number of rotatable bonds is 14. The quantitative estimate of drug-likeness (QED) is 0.103. The molecular weight excluding hydrogens is 933 g/mol. The van der Waals surface area contributed by atoms with Crippen LogP contribution in [0.2, 0.25) is 0 Å². The molecule has 19 nitrogen and oxygen atoms in total. The first-order valence-electron chi connectivity index (χ1n) is 25.6. The van der Waals surface area contributed by atoms with Gasteiger partial charge in [-0.15, -0.1) is 0 Å². The maximum absolute atomic E-state index is 13.4. The second kappa shape index (κ2) is 23.5. The highest BCUT2D eigenvalue weighted by Crippen LogP contribution is 2.33. The van der Waals surface area contributed by atoms with E-state index in [1.54, 1.807) is 24.4 Å². The van der Waals surface area contributed by atoms with Gasteiger partial charge in [0.1, 0.15) is 18.4 Å². The summed E-state index contributed by atoms with van der Waals surface area (Å²) >= 11 is 0. The molecule has 19 heteroatoms. The van der Waals surface area contributed by atoms with Gasteiger partial charge in [-0.3, -0.25) is 44.0 Å². The highest BCUT2D eigenvalue weighted by atomic mass is 16.5. The molecule has 4 N–H and O–H groups in total. The van der Waals surface area contributed by atoms with Crippen LogP contribution in [0, 0.1) is 0 Å². The van der Waals surface area contributed by atoms with Gasteiger partial charge in [0.25, 0.3) is 11.8 Å². The number of hydrogen-bond acceptors (Lipinski definition) is 16. The van der Waals surface area contributed by atoms with Crippen LogP contribution in [0.5, 0.6) is 5.75 Å². The van der Waals surface area contributed by atoms with Gasteiger partial charge in [0, 0.05) is 100 Å². The zero-order valence-corrected chi connectivity index (χ0v) is 41.1. The van der Waals surface area contributed by atoms with E-state index >= 15 is 0 Å². The van der Waals surface area contributed by atoms with Crippen LogP contribution in [0.3, 0.4) is 0 Å². The zero-order valence-electron chi connectivity index (χ0n) is 41.1. The first-order chi connectivity index (χ1) is 35.7. The lowest BCUT2D eigenvalue weighted by atomic mass is 9.88. The highest BCUT2D eigenvalue weighted by Gasteiger charge is 2.45. The molecule has 1 saturated carbocycles. The number of anilines is 3. The number of carbonyl (C=O) groups is 5. The summed E-state index contributed by atoms with van der Waals surface area (Å²) in [5.41, 5.74) is 5.73. The number of nitrogens with one attached hydrogen (secondary N) is 4. The Morgan fingerprint density at radius 1 is 0.781 bits per heavy atom. The van der Waals surface area contributed by atoms with Crippen LogP contribution in [0.1, 0.15) is 70.4 Å². The second-order valence-electron chi connectivity index (χ2n) is 19.5. The Kier molecular flexibility index (Phi) is 16.1. The lowest BCUT2D eigenvalue weighted by molar-refractivity contribution is -0.136. The van der Waals surface area contributed by atoms with Gasteiger partial charge in [-0.25, -0.2) is 9.97 Å². The fourth-order valence-corrected chi connectivity index (χ4v) is 10.3. The Labute approximate surface area is 424 Å². The molecule has 73 heavy (non-hydrogen) atoms. The van der Waals surface area contributed by atoms with E-state index in [0.29, 0.717) is 57.8 Å². The minimum absolute atomic E-state index is 0.0601. The lowest BCUT2D eigenvalue weighted by Gasteiger charge is -2.40. The normalized spacial score (nSPS) is 22.8. The molecule has 1 unspecified atom stereocenters. The van der Waals surface area contributed by atoms with Crippen molar-refractivity contribution in [2.45, 2.75) is 76.0 Å². The van der Waals surface area contributed by atoms with E-state index in [9.17, 15) is 24.0 Å². The molecule has 1 atom stereocenters. The molecule has 5 aliphatic heterocycles. The van der Waals surface area contributed by atoms with Crippen molar-refractivity contribution in [1.82, 2.24) is 40.2 Å². The van der Waals surface area contributed by atoms with Crippen LogP contribution in [0.15, 0.2) is 85.1 Å². The number of imide groups is 2. The summed E-state index contributed by atoms with van der Waals surface area (Å²) in [4.78, 5) is 81.1. The first-order valence-corrected chi connectivity index (χ1v) is 25.6. The van der Waals surface area contributed by atoms with Gasteiger partial charge in [-0.1, -0.05) is 36.4 Å². The van der Waals surface area contributed by atoms with Crippen molar-refractivity contribution < 1.29 is 42.9 Å². The minimum Gasteiger partial charge on any atom is -0.492 e. The van der Waals surface area contributed by atoms with Crippen molar-refractivity contribution in [2.24, 2.45) is 0 Å². The van der Waals surface area contributed by atoms with E-state index in [1.165, 1.54) is 0 Å². The summed E-state index contributed by atoms with van der Waals surface area (Å²) in [6.07, 6.45) is 9.70. The van der Waals surface area contributed by atoms with Gasteiger partial charge >= 0.3 is 0 Å². The number of amides is 5. The number of piperidine rings is 2. The number of carbonyl (C=O) groups excluding carboxylic acids is 5. The number of nitrogens with zero attached hydrogens (tertiary/aromatic N) is 6. The molecular formula is C54H64N10O9. The number of likely N-dealkylation sites (tertiary alicyclic amines) is 1. The van der Waals surface area contributed by atoms with Gasteiger partial charge in [0.2, 0.25) is 23.7 Å². The van der Waals surface area contributed by atoms with Crippen LogP contribution in [0.4, 0.5) is 17.3 Å². The van der Waals surface area contributed by atoms with E-state index in [4.69, 9.17) is 23.9 Å². The Bertz CT molecular complexity index is 2680. The van der Waals surface area contributed by atoms with Crippen molar-refractivity contribution in [2.75, 3.05) is 95.9 Å². The number of aromatic nitrogens is 2. The third kappa shape index (κ3) is 12.6. The topological polar surface area (TPSA) is 209 Å². The van der Waals surface area contributed by atoms with Crippen LogP contribution in [0.25, 0.3) is 11.3 Å². The minimum atomic E-state index is -0.999. The predicted molar refractivity (Wildman–Crippen MR) is 271 cm³/mol. The maximum atomic E-state index is 13.4. The summed E-state index contributed by atoms with van der Waals surface area (Å²) in [6.45, 7) is 9.89. The molecule has 1 aliphatic carbocycles. The molecule has 1 aromatic heterocycles. The van der Waals surface area contributed by atoms with E-state index in [1.807, 2.05) is 54.6 Å². The first kappa shape index (κ1) is 49.9. The van der Waals surface area contributed by atoms with Gasteiger partial charge in [-0.2, -0.15) is 0 Å². The molecule has 3 saturated heterocycles. The molecule has 6 bridgehead atoms. The Balaban J connectivity index is 0.600. The average Bonchev–Trinajstić information content (AvgIpc) is 3.64. The van der Waals surface area contributed by atoms with Gasteiger partial charge in [0.15, 0.2) is 0 Å². The monoisotopic (exact) mass is 996 g/mol. The summed E-state index contributed by atoms with van der Waals surface area (Å²) in [6, 6.07) is 20.3. The predicted octanol–water partition coefficient (Wildman–Crippen LogP) is 4.13. The van der Waals surface area contributed by atoms with E-state index < -0.39 is 29.7 Å². The van der Waals surface area contributed by atoms with Crippen LogP contribution in [-0.4, -0.2) is 169 Å². The van der Waals surface area contributed by atoms with Gasteiger partial charge < -0.3 is 39.8 Å². The number of fused-ring (bicyclic) bond motifs is 8. The smallest absolute Gasteiger partial charge is 0.264 e. The average molecular weight is 997 g/mol. The number of piperazine rings is 1. The van der Waals surface area contributed by atoms with Crippen molar-refractivity contribution in [1.29, 1.82) is 0 Å². The molecule has 5 amide bonds. The fourth-order valence-electron chi connectivity index (χ4n) is 10.3. The Hall–Kier alpha value is -6.61. The third-order valence-electron chi connectivity index (χ3n) is 14.4. The SMILES string of the molecule is O=C1CCC(N2C(=O)c3cccc(NCCN4CCC(OC5CC(NC(=O)CN6CCN(CCOc7ccc8cc7COC/C=C/COCc7cccc(c7)-c7ccnc(n7)N8)CC6)C5)CC4)c3C2=O)C(=O)N1. The summed E-state index contributed by atoms with van der Waals surface area (Å²) < 4.78 is 24.7. The standard InChI is InChI=1S/C54H64N10O9/c65-48-12-10-46(51(67)60-48)64-52(68)43-7-4-8-45(50(43)53(64)69)55-17-20-61-18-14-41(15-19-61)73-42-31-40(32-42)57-49(66)33-63-23-21-62(22-24-63)25-28-72-47-11-9-39-30-38(47)35-71-27-2-1-26-70-34-36-5-3-6-37(29-36)44-13-16-56-54(58-39)59-44/h1-9,11,13,16,29-30,40-42,46,55H,10,12,14-15,17-28,31-35H2,(H,57,66)(H,56,58,59)(H,60,65,67)/b2-1+. The summed E-state index contributed by atoms with van der Waals surface area (Å²) in [5, 5.41) is 12.2. The van der Waals surface area contributed by atoms with Crippen molar-refractivity contribution >= 4 is 46.9 Å². The molecule has 3 aromatic carbocycles. The third-order valence-corrected chi connectivity index (χ3v) is 14.4. The number of hydrogen-bond donors (Lipinski definition) is 4. The van der Waals surface area contributed by atoms with E-state index in [0.717, 1.165) is 117 Å². The molecule has 10 rings (SSSR count). The Morgan fingerprint density at radius 2 is 1.56 bits per heavy atom. The fraction of sp³-hybridized carbons (Fsp3) is 0.463. The van der Waals surface area contributed by atoms with E-state index in [2.05, 4.69) is 47.0 Å². The van der Waals surface area contributed by atoms with Crippen LogP contribution < -0.4 is 26.0 Å². The second-order valence-corrected chi connectivity index (χ2v) is 19.5. The molecule has 384 valence electrons. The van der Waals surface area contributed by atoms with Gasteiger partial charge in [0.05, 0.1) is 62.0 Å². The molecule has 4 aromatic rings. The highest BCUT2D eigenvalue weighted by molar-refractivity contribution is 6.25. The maximum Gasteiger partial charge on any atom is 0.264 e. The number of benzene rings is 3. The molecule has 6 heterocycles. The van der Waals surface area contributed by atoms with Crippen molar-refractivity contribution in [3.05, 3.63) is 107 Å². The summed E-state index contributed by atoms with van der Waals surface area (Å²) in [7, 11) is 0. The number of ether oxygens (including phenoxy) is 4. The van der Waals surface area contributed by atoms with Crippen molar-refractivity contribution in [3.63, 3.8) is 0 Å². The molecule has 4 fully saturated rings.